The molecule has 1 aromatic heterocycles. The summed E-state index contributed by atoms with van der Waals surface area (Å²) in [4.78, 5) is 8.28. The van der Waals surface area contributed by atoms with Gasteiger partial charge in [-0.1, -0.05) is 41.4 Å². The molecule has 2 aromatic rings. The zero-order valence-corrected chi connectivity index (χ0v) is 11.9. The molecule has 94 valence electrons. The van der Waals surface area contributed by atoms with Crippen LogP contribution in [0.25, 0.3) is 0 Å². The van der Waals surface area contributed by atoms with Gasteiger partial charge in [0.1, 0.15) is 5.75 Å². The van der Waals surface area contributed by atoms with Gasteiger partial charge in [-0.3, -0.25) is 0 Å². The first kappa shape index (κ1) is 13.0. The first-order valence-corrected chi connectivity index (χ1v) is 7.07. The molecule has 0 aliphatic heterocycles. The molecule has 0 N–H and O–H groups in total. The Morgan fingerprint density at radius 3 is 2.28 bits per heavy atom. The van der Waals surface area contributed by atoms with Crippen molar-refractivity contribution in [1.82, 2.24) is 9.97 Å². The molecule has 0 spiro atoms. The Morgan fingerprint density at radius 2 is 1.72 bits per heavy atom. The number of alkyl halides is 1. The molecule has 0 saturated heterocycles. The molecule has 0 atom stereocenters. The molecule has 2 rings (SSSR count). The lowest BCUT2D eigenvalue weighted by Gasteiger charge is -2.05. The Bertz CT molecular complexity index is 482. The van der Waals surface area contributed by atoms with Crippen LogP contribution in [0.4, 0.5) is 0 Å². The predicted molar refractivity (Wildman–Crippen MR) is 75.2 cm³/mol. The van der Waals surface area contributed by atoms with Gasteiger partial charge >= 0.3 is 6.01 Å². The van der Waals surface area contributed by atoms with Gasteiger partial charge in [-0.25, -0.2) is 9.97 Å². The smallest absolute Gasteiger partial charge is 0.321 e. The van der Waals surface area contributed by atoms with Gasteiger partial charge in [-0.15, -0.1) is 0 Å². The van der Waals surface area contributed by atoms with Gasteiger partial charge in [0.25, 0.3) is 0 Å². The highest BCUT2D eigenvalue weighted by molar-refractivity contribution is 9.08. The summed E-state index contributed by atoms with van der Waals surface area (Å²) < 4.78 is 5.57. The second-order valence-corrected chi connectivity index (χ2v) is 4.56. The van der Waals surface area contributed by atoms with Gasteiger partial charge in [-0.2, -0.15) is 0 Å². The van der Waals surface area contributed by atoms with Crippen molar-refractivity contribution in [3.05, 3.63) is 47.8 Å². The van der Waals surface area contributed by atoms with Gasteiger partial charge in [-0.05, 0) is 29.7 Å². The van der Waals surface area contributed by atoms with Crippen LogP contribution in [0.5, 0.6) is 11.8 Å². The molecule has 0 unspecified atom stereocenters. The van der Waals surface area contributed by atoms with E-state index < -0.39 is 0 Å². The predicted octanol–water partition coefficient (Wildman–Crippen LogP) is 4.12. The summed E-state index contributed by atoms with van der Waals surface area (Å²) in [6.45, 7) is 2.17. The van der Waals surface area contributed by atoms with Crippen LogP contribution in [0, 0.1) is 0 Å². The van der Waals surface area contributed by atoms with Gasteiger partial charge in [0.05, 0.1) is 0 Å². The SMILES string of the molecule is CCCc1ccc(Oc2ncc(CBr)cn2)cc1. The molecule has 18 heavy (non-hydrogen) atoms. The summed E-state index contributed by atoms with van der Waals surface area (Å²) in [6, 6.07) is 8.43. The largest absolute Gasteiger partial charge is 0.424 e. The lowest BCUT2D eigenvalue weighted by molar-refractivity contribution is 0.441. The maximum atomic E-state index is 5.57. The molecule has 0 saturated carbocycles. The zero-order valence-electron chi connectivity index (χ0n) is 10.3. The number of aromatic nitrogens is 2. The van der Waals surface area contributed by atoms with Crippen molar-refractivity contribution in [2.24, 2.45) is 0 Å². The summed E-state index contributed by atoms with van der Waals surface area (Å²) in [7, 11) is 0. The number of rotatable bonds is 5. The number of halogens is 1. The quantitative estimate of drug-likeness (QED) is 0.780. The van der Waals surface area contributed by atoms with Crippen LogP contribution in [0.2, 0.25) is 0 Å². The molecular weight excluding hydrogens is 292 g/mol. The minimum atomic E-state index is 0.378. The summed E-state index contributed by atoms with van der Waals surface area (Å²) in [5.74, 6) is 0.765. The number of ether oxygens (including phenoxy) is 1. The molecule has 1 heterocycles. The second kappa shape index (κ2) is 6.50. The van der Waals surface area contributed by atoms with Gasteiger partial charge in [0.2, 0.25) is 0 Å². The minimum Gasteiger partial charge on any atom is -0.424 e. The molecule has 0 aliphatic rings. The van der Waals surface area contributed by atoms with Crippen molar-refractivity contribution in [2.75, 3.05) is 0 Å². The van der Waals surface area contributed by atoms with E-state index in [4.69, 9.17) is 4.74 Å². The first-order valence-electron chi connectivity index (χ1n) is 5.95. The molecule has 0 amide bonds. The third-order valence-corrected chi connectivity index (χ3v) is 3.15. The maximum absolute atomic E-state index is 5.57. The second-order valence-electron chi connectivity index (χ2n) is 4.00. The van der Waals surface area contributed by atoms with E-state index in [0.717, 1.165) is 29.5 Å². The average molecular weight is 307 g/mol. The fourth-order valence-electron chi connectivity index (χ4n) is 1.58. The van der Waals surface area contributed by atoms with E-state index in [1.54, 1.807) is 12.4 Å². The normalized spacial score (nSPS) is 10.3. The monoisotopic (exact) mass is 306 g/mol. The van der Waals surface area contributed by atoms with E-state index in [1.165, 1.54) is 5.56 Å². The van der Waals surface area contributed by atoms with Crippen LogP contribution in [-0.2, 0) is 11.8 Å². The molecule has 1 aromatic carbocycles. The Hall–Kier alpha value is -1.42. The molecule has 0 fully saturated rings. The van der Waals surface area contributed by atoms with Crippen molar-refractivity contribution in [3.63, 3.8) is 0 Å². The lowest BCUT2D eigenvalue weighted by Crippen LogP contribution is -1.93. The third-order valence-electron chi connectivity index (χ3n) is 2.51. The fraction of sp³-hybridized carbons (Fsp3) is 0.286. The van der Waals surface area contributed by atoms with Crippen LogP contribution in [0.1, 0.15) is 24.5 Å². The van der Waals surface area contributed by atoms with Crippen LogP contribution in [0.15, 0.2) is 36.7 Å². The van der Waals surface area contributed by atoms with Crippen LogP contribution < -0.4 is 4.74 Å². The minimum absolute atomic E-state index is 0.378. The van der Waals surface area contributed by atoms with E-state index in [9.17, 15) is 0 Å². The molecule has 0 bridgehead atoms. The van der Waals surface area contributed by atoms with Crippen LogP contribution >= 0.6 is 15.9 Å². The van der Waals surface area contributed by atoms with Gasteiger partial charge in [0, 0.05) is 17.7 Å². The van der Waals surface area contributed by atoms with E-state index in [-0.39, 0.29) is 0 Å². The Labute approximate surface area is 115 Å². The molecule has 3 nitrogen and oxygen atoms in total. The van der Waals surface area contributed by atoms with Crippen molar-refractivity contribution < 1.29 is 4.74 Å². The highest BCUT2D eigenvalue weighted by Crippen LogP contribution is 2.18. The topological polar surface area (TPSA) is 35.0 Å². The summed E-state index contributed by atoms with van der Waals surface area (Å²) in [5.41, 5.74) is 2.35. The molecule has 0 radical (unpaired) electrons. The number of hydrogen-bond acceptors (Lipinski definition) is 3. The molecule has 4 heteroatoms. The standard InChI is InChI=1S/C14H15BrN2O/c1-2-3-11-4-6-13(7-5-11)18-14-16-9-12(8-15)10-17-14/h4-7,9-10H,2-3,8H2,1H3. The third kappa shape index (κ3) is 3.53. The van der Waals surface area contributed by atoms with Gasteiger partial charge < -0.3 is 4.74 Å². The van der Waals surface area contributed by atoms with Crippen molar-refractivity contribution in [3.8, 4) is 11.8 Å². The highest BCUT2D eigenvalue weighted by Gasteiger charge is 2.00. The number of benzene rings is 1. The first-order chi connectivity index (χ1) is 8.81. The number of nitrogens with zero attached hydrogens (tertiary/aromatic N) is 2. The van der Waals surface area contributed by atoms with Crippen molar-refractivity contribution in [2.45, 2.75) is 25.1 Å². The van der Waals surface area contributed by atoms with Crippen molar-refractivity contribution in [1.29, 1.82) is 0 Å². The Balaban J connectivity index is 2.03. The number of aryl methyl sites for hydroxylation is 1. The van der Waals surface area contributed by atoms with E-state index in [2.05, 4.69) is 45.0 Å². The fourth-order valence-corrected chi connectivity index (χ4v) is 1.87. The summed E-state index contributed by atoms with van der Waals surface area (Å²) in [6.07, 6.45) is 5.75. The van der Waals surface area contributed by atoms with E-state index >= 15 is 0 Å². The number of hydrogen-bond donors (Lipinski definition) is 0. The van der Waals surface area contributed by atoms with E-state index in [0.29, 0.717) is 6.01 Å². The highest BCUT2D eigenvalue weighted by atomic mass is 79.9. The Morgan fingerprint density at radius 1 is 1.06 bits per heavy atom. The van der Waals surface area contributed by atoms with E-state index in [1.807, 2.05) is 12.1 Å². The maximum Gasteiger partial charge on any atom is 0.321 e. The summed E-state index contributed by atoms with van der Waals surface area (Å²) >= 11 is 3.35. The lowest BCUT2D eigenvalue weighted by atomic mass is 10.1. The van der Waals surface area contributed by atoms with Crippen LogP contribution in [0.3, 0.4) is 0 Å². The molecular formula is C14H15BrN2O. The molecule has 0 aliphatic carbocycles. The zero-order chi connectivity index (χ0) is 12.8. The van der Waals surface area contributed by atoms with Gasteiger partial charge in [0.15, 0.2) is 0 Å². The summed E-state index contributed by atoms with van der Waals surface area (Å²) in [5, 5.41) is 0.749. The van der Waals surface area contributed by atoms with Crippen LogP contribution in [-0.4, -0.2) is 9.97 Å². The van der Waals surface area contributed by atoms with Crippen molar-refractivity contribution >= 4 is 15.9 Å². The Kier molecular flexibility index (Phi) is 4.70. The average Bonchev–Trinajstić information content (AvgIpc) is 2.42.